The van der Waals surface area contributed by atoms with Crippen LogP contribution >= 0.6 is 0 Å². The van der Waals surface area contributed by atoms with Crippen molar-refractivity contribution in [1.29, 1.82) is 0 Å². The lowest BCUT2D eigenvalue weighted by Gasteiger charge is -2.14. The summed E-state index contributed by atoms with van der Waals surface area (Å²) in [5.41, 5.74) is 5.57. The molecule has 0 aliphatic carbocycles. The topological polar surface area (TPSA) is 106 Å². The van der Waals surface area contributed by atoms with Gasteiger partial charge in [-0.25, -0.2) is 4.90 Å². The summed E-state index contributed by atoms with van der Waals surface area (Å²) in [6.45, 7) is 2.62. The van der Waals surface area contributed by atoms with E-state index in [-0.39, 0.29) is 24.8 Å². The Hall–Kier alpha value is -2.41. The van der Waals surface area contributed by atoms with E-state index >= 15 is 0 Å². The zero-order valence-electron chi connectivity index (χ0n) is 12.5. The fourth-order valence-corrected chi connectivity index (χ4v) is 2.28. The first-order valence-electron chi connectivity index (χ1n) is 7.24. The molecule has 0 saturated carbocycles. The van der Waals surface area contributed by atoms with Crippen LogP contribution in [0.15, 0.2) is 24.3 Å². The first-order valence-corrected chi connectivity index (χ1v) is 7.24. The molecule has 118 valence electrons. The predicted molar refractivity (Wildman–Crippen MR) is 79.1 cm³/mol. The molecule has 0 radical (unpaired) electrons. The van der Waals surface area contributed by atoms with E-state index in [1.165, 1.54) is 5.32 Å². The van der Waals surface area contributed by atoms with Gasteiger partial charge in [-0.05, 0) is 30.7 Å². The minimum atomic E-state index is -0.587. The molecule has 0 unspecified atom stereocenters. The van der Waals surface area contributed by atoms with E-state index in [0.717, 1.165) is 11.3 Å². The summed E-state index contributed by atoms with van der Waals surface area (Å²) >= 11 is 0. The minimum absolute atomic E-state index is 0.0126. The van der Waals surface area contributed by atoms with E-state index in [0.29, 0.717) is 18.0 Å². The van der Waals surface area contributed by atoms with Gasteiger partial charge in [-0.2, -0.15) is 0 Å². The van der Waals surface area contributed by atoms with Crippen LogP contribution in [0, 0.1) is 0 Å². The molecule has 1 aliphatic rings. The number of ether oxygens (including phenoxy) is 1. The second kappa shape index (κ2) is 7.04. The van der Waals surface area contributed by atoms with Gasteiger partial charge in [0.2, 0.25) is 5.91 Å². The number of primary amides is 1. The number of quaternary nitrogens is 1. The van der Waals surface area contributed by atoms with Crippen LogP contribution in [0.1, 0.15) is 19.8 Å². The number of carbonyl (C=O) groups is 3. The Morgan fingerprint density at radius 1 is 1.36 bits per heavy atom. The largest absolute Gasteiger partial charge is 0.494 e. The van der Waals surface area contributed by atoms with E-state index in [1.54, 1.807) is 24.3 Å². The second-order valence-electron chi connectivity index (χ2n) is 5.13. The Labute approximate surface area is 128 Å². The normalized spacial score (nSPS) is 17.9. The van der Waals surface area contributed by atoms with Crippen molar-refractivity contribution in [3.63, 3.8) is 0 Å². The van der Waals surface area contributed by atoms with Crippen molar-refractivity contribution < 1.29 is 24.4 Å². The van der Waals surface area contributed by atoms with Crippen molar-refractivity contribution in [2.24, 2.45) is 5.73 Å². The van der Waals surface area contributed by atoms with Crippen molar-refractivity contribution in [2.75, 3.05) is 18.1 Å². The molecule has 1 aromatic rings. The van der Waals surface area contributed by atoms with Gasteiger partial charge in [0.05, 0.1) is 18.7 Å². The lowest BCUT2D eigenvalue weighted by Crippen LogP contribution is -2.93. The molecular weight excluding hydrogens is 286 g/mol. The molecular formula is C15H20N3O4+. The number of benzene rings is 1. The number of amides is 3. The smallest absolute Gasteiger partial charge is 0.292 e. The van der Waals surface area contributed by atoms with Crippen LogP contribution in [0.3, 0.4) is 0 Å². The zero-order valence-corrected chi connectivity index (χ0v) is 12.5. The molecule has 0 aromatic heterocycles. The van der Waals surface area contributed by atoms with Gasteiger partial charge in [0.25, 0.3) is 11.8 Å². The first-order chi connectivity index (χ1) is 10.5. The molecule has 2 rings (SSSR count). The Bertz CT molecular complexity index is 571. The summed E-state index contributed by atoms with van der Waals surface area (Å²) in [6.07, 6.45) is 0.975. The summed E-state index contributed by atoms with van der Waals surface area (Å²) in [7, 11) is 0. The fourth-order valence-electron chi connectivity index (χ4n) is 2.28. The molecule has 22 heavy (non-hydrogen) atoms. The van der Waals surface area contributed by atoms with Crippen molar-refractivity contribution in [2.45, 2.75) is 25.8 Å². The van der Waals surface area contributed by atoms with E-state index < -0.39 is 11.9 Å². The average Bonchev–Trinajstić information content (AvgIpc) is 2.78. The van der Waals surface area contributed by atoms with Gasteiger partial charge in [0, 0.05) is 0 Å². The van der Waals surface area contributed by atoms with Crippen molar-refractivity contribution in [1.82, 2.24) is 0 Å². The predicted octanol–water partition coefficient (Wildman–Crippen LogP) is -0.844. The van der Waals surface area contributed by atoms with Gasteiger partial charge < -0.3 is 15.8 Å². The highest BCUT2D eigenvalue weighted by atomic mass is 16.5. The van der Waals surface area contributed by atoms with Gasteiger partial charge in [0.15, 0.2) is 12.6 Å². The number of rotatable bonds is 7. The number of carbonyl (C=O) groups excluding carboxylic acids is 3. The summed E-state index contributed by atoms with van der Waals surface area (Å²) in [4.78, 5) is 36.2. The molecule has 1 fully saturated rings. The van der Waals surface area contributed by atoms with Crippen molar-refractivity contribution in [3.05, 3.63) is 24.3 Å². The lowest BCUT2D eigenvalue weighted by molar-refractivity contribution is -0.663. The fraction of sp³-hybridized carbons (Fsp3) is 0.400. The summed E-state index contributed by atoms with van der Waals surface area (Å²) < 4.78 is 5.47. The Kier molecular flexibility index (Phi) is 5.11. The number of nitrogens with two attached hydrogens (primary N) is 2. The minimum Gasteiger partial charge on any atom is -0.494 e. The number of hydrogen-bond donors (Lipinski definition) is 2. The van der Waals surface area contributed by atoms with E-state index in [4.69, 9.17) is 10.5 Å². The van der Waals surface area contributed by atoms with Crippen molar-refractivity contribution >= 4 is 23.4 Å². The highest BCUT2D eigenvalue weighted by Crippen LogP contribution is 2.24. The molecule has 4 N–H and O–H groups in total. The Balaban J connectivity index is 2.06. The maximum absolute atomic E-state index is 12.3. The van der Waals surface area contributed by atoms with Crippen LogP contribution in [0.5, 0.6) is 5.75 Å². The molecule has 3 amide bonds. The van der Waals surface area contributed by atoms with Gasteiger partial charge >= 0.3 is 0 Å². The van der Waals surface area contributed by atoms with Crippen LogP contribution in [-0.2, 0) is 14.4 Å². The monoisotopic (exact) mass is 306 g/mol. The molecule has 1 aromatic carbocycles. The van der Waals surface area contributed by atoms with E-state index in [1.807, 2.05) is 6.92 Å². The second-order valence-corrected chi connectivity index (χ2v) is 5.13. The third-order valence-corrected chi connectivity index (χ3v) is 3.35. The molecule has 1 heterocycles. The Morgan fingerprint density at radius 3 is 2.64 bits per heavy atom. The SMILES string of the molecule is CCCOc1ccc(N2C(=O)C[C@H]([NH2+]CC(N)=O)C2=O)cc1. The van der Waals surface area contributed by atoms with Crippen molar-refractivity contribution in [3.8, 4) is 5.75 Å². The van der Waals surface area contributed by atoms with Gasteiger partial charge in [-0.15, -0.1) is 0 Å². The molecule has 1 atom stereocenters. The molecule has 0 bridgehead atoms. The summed E-state index contributed by atoms with van der Waals surface area (Å²) in [6, 6.07) is 6.23. The van der Waals surface area contributed by atoms with E-state index in [9.17, 15) is 14.4 Å². The average molecular weight is 306 g/mol. The van der Waals surface area contributed by atoms with Crippen LogP contribution in [0.2, 0.25) is 0 Å². The summed E-state index contributed by atoms with van der Waals surface area (Å²) in [5, 5.41) is 1.50. The van der Waals surface area contributed by atoms with Crippen LogP contribution in [0.4, 0.5) is 5.69 Å². The molecule has 7 nitrogen and oxygen atoms in total. The molecule has 0 spiro atoms. The number of hydrogen-bond acceptors (Lipinski definition) is 4. The van der Waals surface area contributed by atoms with Gasteiger partial charge in [-0.1, -0.05) is 6.92 Å². The first kappa shape index (κ1) is 16.0. The third kappa shape index (κ3) is 3.62. The van der Waals surface area contributed by atoms with Crippen LogP contribution in [-0.4, -0.2) is 36.9 Å². The number of anilines is 1. The van der Waals surface area contributed by atoms with Gasteiger partial charge in [-0.3, -0.25) is 14.4 Å². The van der Waals surface area contributed by atoms with Crippen LogP contribution in [0.25, 0.3) is 0 Å². The lowest BCUT2D eigenvalue weighted by atomic mass is 10.2. The van der Waals surface area contributed by atoms with Crippen LogP contribution < -0.4 is 20.7 Å². The quantitative estimate of drug-likeness (QED) is 0.640. The van der Waals surface area contributed by atoms with E-state index in [2.05, 4.69) is 0 Å². The van der Waals surface area contributed by atoms with Gasteiger partial charge in [0.1, 0.15) is 5.75 Å². The third-order valence-electron chi connectivity index (χ3n) is 3.35. The maximum atomic E-state index is 12.3. The highest BCUT2D eigenvalue weighted by molar-refractivity contribution is 6.21. The number of nitrogens with zero attached hydrogens (tertiary/aromatic N) is 1. The molecule has 1 aliphatic heterocycles. The molecule has 7 heteroatoms. The standard InChI is InChI=1S/C15H19N3O4/c1-2-7-22-11-5-3-10(4-6-11)18-14(20)8-12(15(18)21)17-9-13(16)19/h3-6,12,17H,2,7-9H2,1H3,(H2,16,19)/p+1/t12-/m0/s1. The highest BCUT2D eigenvalue weighted by Gasteiger charge is 2.42. The molecule has 1 saturated heterocycles. The Morgan fingerprint density at radius 2 is 2.05 bits per heavy atom. The summed E-state index contributed by atoms with van der Waals surface area (Å²) in [5.74, 6) is -0.427. The number of imide groups is 1. The zero-order chi connectivity index (χ0) is 16.1. The maximum Gasteiger partial charge on any atom is 0.292 e.